The van der Waals surface area contributed by atoms with Gasteiger partial charge in [0.15, 0.2) is 0 Å². The first kappa shape index (κ1) is 12.9. The first-order chi connectivity index (χ1) is 4.00. The summed E-state index contributed by atoms with van der Waals surface area (Å²) in [6, 6.07) is 0. The van der Waals surface area contributed by atoms with Crippen LogP contribution in [0, 0.1) is 11.3 Å². The first-order valence-electron chi connectivity index (χ1n) is 3.71. The SMILES string of the molecule is CC(C)C(C)(C)CCN.Cl. The van der Waals surface area contributed by atoms with E-state index in [2.05, 4.69) is 27.7 Å². The molecule has 0 spiro atoms. The molecule has 2 N–H and O–H groups in total. The molecule has 0 heterocycles. The van der Waals surface area contributed by atoms with Gasteiger partial charge in [-0.05, 0) is 24.3 Å². The van der Waals surface area contributed by atoms with Crippen molar-refractivity contribution in [2.75, 3.05) is 6.54 Å². The van der Waals surface area contributed by atoms with E-state index in [0.717, 1.165) is 18.9 Å². The third kappa shape index (κ3) is 4.13. The minimum atomic E-state index is 0. The number of rotatable bonds is 3. The minimum absolute atomic E-state index is 0. The van der Waals surface area contributed by atoms with Gasteiger partial charge in [0.25, 0.3) is 0 Å². The molecule has 0 aliphatic carbocycles. The van der Waals surface area contributed by atoms with E-state index in [1.807, 2.05) is 0 Å². The van der Waals surface area contributed by atoms with E-state index in [0.29, 0.717) is 5.41 Å². The molecule has 0 aromatic carbocycles. The van der Waals surface area contributed by atoms with E-state index in [4.69, 9.17) is 5.73 Å². The van der Waals surface area contributed by atoms with E-state index in [1.54, 1.807) is 0 Å². The Balaban J connectivity index is 0. The molecule has 0 amide bonds. The molecule has 0 atom stereocenters. The summed E-state index contributed by atoms with van der Waals surface area (Å²) in [6.45, 7) is 9.84. The van der Waals surface area contributed by atoms with Crippen LogP contribution in [-0.4, -0.2) is 6.54 Å². The van der Waals surface area contributed by atoms with E-state index < -0.39 is 0 Å². The van der Waals surface area contributed by atoms with Gasteiger partial charge >= 0.3 is 0 Å². The van der Waals surface area contributed by atoms with Gasteiger partial charge < -0.3 is 5.73 Å². The fraction of sp³-hybridized carbons (Fsp3) is 1.00. The summed E-state index contributed by atoms with van der Waals surface area (Å²) < 4.78 is 0. The molecule has 0 aromatic rings. The molecular weight excluding hydrogens is 146 g/mol. The van der Waals surface area contributed by atoms with Crippen LogP contribution < -0.4 is 5.73 Å². The Hall–Kier alpha value is 0.250. The summed E-state index contributed by atoms with van der Waals surface area (Å²) >= 11 is 0. The fourth-order valence-electron chi connectivity index (χ4n) is 0.661. The van der Waals surface area contributed by atoms with E-state index in [9.17, 15) is 0 Å². The number of nitrogens with two attached hydrogens (primary N) is 1. The molecule has 2 heteroatoms. The summed E-state index contributed by atoms with van der Waals surface area (Å²) in [5.74, 6) is 0.737. The zero-order chi connectivity index (χ0) is 7.49. The smallest absolute Gasteiger partial charge is 0.00721 e. The molecule has 0 aromatic heterocycles. The zero-order valence-corrected chi connectivity index (χ0v) is 8.29. The highest BCUT2D eigenvalue weighted by Gasteiger charge is 2.20. The highest BCUT2D eigenvalue weighted by atomic mass is 35.5. The Morgan fingerprint density at radius 2 is 1.70 bits per heavy atom. The van der Waals surface area contributed by atoms with Crippen LogP contribution in [0.3, 0.4) is 0 Å². The maximum absolute atomic E-state index is 5.45. The molecule has 0 saturated heterocycles. The maximum Gasteiger partial charge on any atom is -0.00721 e. The largest absolute Gasteiger partial charge is 0.330 e. The van der Waals surface area contributed by atoms with Crippen molar-refractivity contribution in [2.24, 2.45) is 17.1 Å². The van der Waals surface area contributed by atoms with Gasteiger partial charge in [-0.3, -0.25) is 0 Å². The van der Waals surface area contributed by atoms with Crippen LogP contribution in [0.2, 0.25) is 0 Å². The Bertz CT molecular complexity index is 79.3. The summed E-state index contributed by atoms with van der Waals surface area (Å²) in [6.07, 6.45) is 1.13. The molecule has 0 unspecified atom stereocenters. The molecule has 10 heavy (non-hydrogen) atoms. The lowest BCUT2D eigenvalue weighted by molar-refractivity contribution is 0.233. The second-order valence-corrected chi connectivity index (χ2v) is 3.68. The molecule has 64 valence electrons. The van der Waals surface area contributed by atoms with Crippen LogP contribution >= 0.6 is 12.4 Å². The quantitative estimate of drug-likeness (QED) is 0.683. The van der Waals surface area contributed by atoms with Crippen molar-refractivity contribution in [1.82, 2.24) is 0 Å². The molecule has 0 aliphatic rings. The van der Waals surface area contributed by atoms with Crippen LogP contribution in [0.4, 0.5) is 0 Å². The van der Waals surface area contributed by atoms with Crippen molar-refractivity contribution in [3.8, 4) is 0 Å². The highest BCUT2D eigenvalue weighted by molar-refractivity contribution is 5.85. The van der Waals surface area contributed by atoms with Gasteiger partial charge in [-0.25, -0.2) is 0 Å². The Morgan fingerprint density at radius 3 is 1.80 bits per heavy atom. The summed E-state index contributed by atoms with van der Waals surface area (Å²) in [4.78, 5) is 0. The van der Waals surface area contributed by atoms with Crippen molar-refractivity contribution in [2.45, 2.75) is 34.1 Å². The molecule has 0 radical (unpaired) electrons. The molecule has 0 rings (SSSR count). The third-order valence-electron chi connectivity index (χ3n) is 2.35. The van der Waals surface area contributed by atoms with E-state index in [1.165, 1.54) is 0 Å². The van der Waals surface area contributed by atoms with Crippen molar-refractivity contribution in [3.05, 3.63) is 0 Å². The van der Waals surface area contributed by atoms with E-state index >= 15 is 0 Å². The highest BCUT2D eigenvalue weighted by Crippen LogP contribution is 2.28. The Morgan fingerprint density at radius 1 is 1.30 bits per heavy atom. The van der Waals surface area contributed by atoms with Crippen molar-refractivity contribution in [1.29, 1.82) is 0 Å². The summed E-state index contributed by atoms with van der Waals surface area (Å²) in [5, 5.41) is 0. The number of hydrogen-bond donors (Lipinski definition) is 1. The Labute approximate surface area is 70.8 Å². The second-order valence-electron chi connectivity index (χ2n) is 3.68. The molecule has 0 saturated carbocycles. The Kier molecular flexibility index (Phi) is 6.41. The van der Waals surface area contributed by atoms with Crippen LogP contribution in [-0.2, 0) is 0 Å². The lowest BCUT2D eigenvalue weighted by atomic mass is 9.78. The predicted octanol–water partition coefficient (Wildman–Crippen LogP) is 2.44. The second kappa shape index (κ2) is 4.97. The standard InChI is InChI=1S/C8H19N.ClH/c1-7(2)8(3,4)5-6-9;/h7H,5-6,9H2,1-4H3;1H. The van der Waals surface area contributed by atoms with Gasteiger partial charge in [0.2, 0.25) is 0 Å². The lowest BCUT2D eigenvalue weighted by Crippen LogP contribution is -2.22. The third-order valence-corrected chi connectivity index (χ3v) is 2.35. The average molecular weight is 166 g/mol. The molecule has 0 aliphatic heterocycles. The van der Waals surface area contributed by atoms with Crippen LogP contribution in [0.15, 0.2) is 0 Å². The minimum Gasteiger partial charge on any atom is -0.330 e. The average Bonchev–Trinajstić information content (AvgIpc) is 1.65. The van der Waals surface area contributed by atoms with E-state index in [-0.39, 0.29) is 12.4 Å². The fourth-order valence-corrected chi connectivity index (χ4v) is 0.661. The number of hydrogen-bond acceptors (Lipinski definition) is 1. The van der Waals surface area contributed by atoms with Crippen molar-refractivity contribution in [3.63, 3.8) is 0 Å². The van der Waals surface area contributed by atoms with Crippen molar-refractivity contribution < 1.29 is 0 Å². The molecule has 0 bridgehead atoms. The van der Waals surface area contributed by atoms with Gasteiger partial charge in [-0.2, -0.15) is 0 Å². The molecule has 1 nitrogen and oxygen atoms in total. The predicted molar refractivity (Wildman–Crippen MR) is 49.5 cm³/mol. The topological polar surface area (TPSA) is 26.0 Å². The maximum atomic E-state index is 5.45. The van der Waals surface area contributed by atoms with Crippen LogP contribution in [0.1, 0.15) is 34.1 Å². The monoisotopic (exact) mass is 165 g/mol. The van der Waals surface area contributed by atoms with Gasteiger partial charge in [-0.15, -0.1) is 12.4 Å². The van der Waals surface area contributed by atoms with Crippen molar-refractivity contribution >= 4 is 12.4 Å². The molecule has 0 fully saturated rings. The summed E-state index contributed by atoms with van der Waals surface area (Å²) in [7, 11) is 0. The van der Waals surface area contributed by atoms with Gasteiger partial charge in [0, 0.05) is 0 Å². The number of halogens is 1. The normalized spacial score (nSPS) is 11.4. The van der Waals surface area contributed by atoms with Crippen LogP contribution in [0.5, 0.6) is 0 Å². The first-order valence-corrected chi connectivity index (χ1v) is 3.71. The van der Waals surface area contributed by atoms with Crippen LogP contribution in [0.25, 0.3) is 0 Å². The van der Waals surface area contributed by atoms with Gasteiger partial charge in [0.1, 0.15) is 0 Å². The molecular formula is C8H20ClN. The summed E-state index contributed by atoms with van der Waals surface area (Å²) in [5.41, 5.74) is 5.88. The van der Waals surface area contributed by atoms with Gasteiger partial charge in [-0.1, -0.05) is 27.7 Å². The lowest BCUT2D eigenvalue weighted by Gasteiger charge is -2.28. The van der Waals surface area contributed by atoms with Gasteiger partial charge in [0.05, 0.1) is 0 Å². The zero-order valence-electron chi connectivity index (χ0n) is 7.48.